The minimum Gasteiger partial charge on any atom is -0.492 e. The molecule has 1 rings (SSSR count). The molecule has 0 aromatic heterocycles. The third kappa shape index (κ3) is 3.27. The van der Waals surface area contributed by atoms with Crippen LogP contribution in [0, 0.1) is 0 Å². The van der Waals surface area contributed by atoms with E-state index in [1.807, 2.05) is 0 Å². The van der Waals surface area contributed by atoms with Gasteiger partial charge >= 0.3 is 11.9 Å². The van der Waals surface area contributed by atoms with Gasteiger partial charge in [-0.3, -0.25) is 4.79 Å². The first-order valence-electron chi connectivity index (χ1n) is 4.67. The van der Waals surface area contributed by atoms with Crippen LogP contribution in [0.3, 0.4) is 0 Å². The molecule has 0 bridgehead atoms. The van der Waals surface area contributed by atoms with Gasteiger partial charge in [0.2, 0.25) is 0 Å². The lowest BCUT2D eigenvalue weighted by atomic mass is 10.2. The zero-order valence-electron chi connectivity index (χ0n) is 8.80. The van der Waals surface area contributed by atoms with E-state index in [-0.39, 0.29) is 24.3 Å². The van der Waals surface area contributed by atoms with Crippen LogP contribution < -0.4 is 4.74 Å². The maximum Gasteiger partial charge on any atom is 0.339 e. The van der Waals surface area contributed by atoms with Gasteiger partial charge in [-0.2, -0.15) is 0 Å². The Morgan fingerprint density at radius 3 is 2.62 bits per heavy atom. The Bertz CT molecular complexity index is 386. The number of benzene rings is 1. The van der Waals surface area contributed by atoms with Crippen molar-refractivity contribution in [1.82, 2.24) is 0 Å². The number of carboxylic acids is 1. The lowest BCUT2D eigenvalue weighted by Crippen LogP contribution is -2.09. The zero-order chi connectivity index (χ0) is 12.0. The van der Waals surface area contributed by atoms with Crippen LogP contribution in [0.1, 0.15) is 16.8 Å². The molecule has 1 aromatic rings. The normalized spacial score (nSPS) is 9.56. The predicted molar refractivity (Wildman–Crippen MR) is 55.5 cm³/mol. The molecule has 0 aliphatic carbocycles. The van der Waals surface area contributed by atoms with Crippen LogP contribution in [0.15, 0.2) is 24.3 Å². The SMILES string of the molecule is COC(=O)CCOc1ccccc1C(=O)O. The van der Waals surface area contributed by atoms with Crippen LogP contribution in [0.25, 0.3) is 0 Å². The molecule has 0 aliphatic heterocycles. The molecule has 0 atom stereocenters. The first kappa shape index (κ1) is 12.0. The summed E-state index contributed by atoms with van der Waals surface area (Å²) < 4.78 is 9.62. The summed E-state index contributed by atoms with van der Waals surface area (Å²) in [7, 11) is 1.29. The van der Waals surface area contributed by atoms with Crippen molar-refractivity contribution in [3.05, 3.63) is 29.8 Å². The summed E-state index contributed by atoms with van der Waals surface area (Å²) in [5.74, 6) is -1.21. The summed E-state index contributed by atoms with van der Waals surface area (Å²) in [6.07, 6.45) is 0.0878. The van der Waals surface area contributed by atoms with E-state index in [4.69, 9.17) is 9.84 Å². The third-order valence-corrected chi connectivity index (χ3v) is 1.91. The number of carbonyl (C=O) groups excluding carboxylic acids is 1. The number of carbonyl (C=O) groups is 2. The molecule has 0 amide bonds. The molecule has 0 heterocycles. The molecular formula is C11H12O5. The highest BCUT2D eigenvalue weighted by molar-refractivity contribution is 5.90. The molecule has 5 nitrogen and oxygen atoms in total. The van der Waals surface area contributed by atoms with Crippen molar-refractivity contribution in [2.45, 2.75) is 6.42 Å². The van der Waals surface area contributed by atoms with Crippen LogP contribution in [0.2, 0.25) is 0 Å². The molecule has 1 N–H and O–H groups in total. The third-order valence-electron chi connectivity index (χ3n) is 1.91. The van der Waals surface area contributed by atoms with Gasteiger partial charge in [0.25, 0.3) is 0 Å². The second-order valence-electron chi connectivity index (χ2n) is 2.98. The Kier molecular flexibility index (Phi) is 4.32. The minimum absolute atomic E-state index is 0.0763. The molecule has 5 heteroatoms. The van der Waals surface area contributed by atoms with Gasteiger partial charge in [-0.25, -0.2) is 4.79 Å². The van der Waals surface area contributed by atoms with Gasteiger partial charge < -0.3 is 14.6 Å². The number of rotatable bonds is 5. The first-order chi connectivity index (χ1) is 7.65. The first-order valence-corrected chi connectivity index (χ1v) is 4.67. The monoisotopic (exact) mass is 224 g/mol. The van der Waals surface area contributed by atoms with Gasteiger partial charge in [-0.15, -0.1) is 0 Å². The molecule has 0 fully saturated rings. The van der Waals surface area contributed by atoms with E-state index in [1.165, 1.54) is 13.2 Å². The van der Waals surface area contributed by atoms with Crippen molar-refractivity contribution in [2.24, 2.45) is 0 Å². The van der Waals surface area contributed by atoms with Crippen molar-refractivity contribution in [3.8, 4) is 5.75 Å². The van der Waals surface area contributed by atoms with Crippen LogP contribution in [0.5, 0.6) is 5.75 Å². The standard InChI is InChI=1S/C11H12O5/c1-15-10(12)6-7-16-9-5-3-2-4-8(9)11(13)14/h2-5H,6-7H2,1H3,(H,13,14). The van der Waals surface area contributed by atoms with Gasteiger partial charge in [0, 0.05) is 0 Å². The molecular weight excluding hydrogens is 212 g/mol. The minimum atomic E-state index is -1.06. The van der Waals surface area contributed by atoms with E-state index in [9.17, 15) is 9.59 Å². The molecule has 16 heavy (non-hydrogen) atoms. The van der Waals surface area contributed by atoms with E-state index in [2.05, 4.69) is 4.74 Å². The highest BCUT2D eigenvalue weighted by Gasteiger charge is 2.10. The average Bonchev–Trinajstić information content (AvgIpc) is 2.29. The van der Waals surface area contributed by atoms with E-state index < -0.39 is 11.9 Å². The molecule has 0 saturated carbocycles. The molecule has 0 saturated heterocycles. The molecule has 1 aromatic carbocycles. The number of carboxylic acid groups (broad SMARTS) is 1. The van der Waals surface area contributed by atoms with Crippen molar-refractivity contribution in [1.29, 1.82) is 0 Å². The number of hydrogen-bond acceptors (Lipinski definition) is 4. The van der Waals surface area contributed by atoms with Gasteiger partial charge in [-0.1, -0.05) is 12.1 Å². The lowest BCUT2D eigenvalue weighted by molar-refractivity contribution is -0.141. The number of para-hydroxylation sites is 1. The molecule has 0 spiro atoms. The Morgan fingerprint density at radius 1 is 1.31 bits per heavy atom. The average molecular weight is 224 g/mol. The van der Waals surface area contributed by atoms with Crippen molar-refractivity contribution >= 4 is 11.9 Å². The molecule has 0 radical (unpaired) electrons. The Labute approximate surface area is 92.6 Å². The van der Waals surface area contributed by atoms with Crippen molar-refractivity contribution in [3.63, 3.8) is 0 Å². The van der Waals surface area contributed by atoms with E-state index >= 15 is 0 Å². The number of hydrogen-bond donors (Lipinski definition) is 1. The number of methoxy groups -OCH3 is 1. The summed E-state index contributed by atoms with van der Waals surface area (Å²) in [5.41, 5.74) is 0.0763. The smallest absolute Gasteiger partial charge is 0.339 e. The largest absolute Gasteiger partial charge is 0.492 e. The summed E-state index contributed by atoms with van der Waals surface area (Å²) in [5, 5.41) is 8.85. The maximum atomic E-state index is 10.8. The zero-order valence-corrected chi connectivity index (χ0v) is 8.80. The second kappa shape index (κ2) is 5.75. The Balaban J connectivity index is 2.60. The van der Waals surface area contributed by atoms with Gasteiger partial charge in [0.05, 0.1) is 20.1 Å². The molecule has 86 valence electrons. The fraction of sp³-hybridized carbons (Fsp3) is 0.273. The highest BCUT2D eigenvalue weighted by Crippen LogP contribution is 2.17. The molecule has 0 unspecified atom stereocenters. The lowest BCUT2D eigenvalue weighted by Gasteiger charge is -2.07. The van der Waals surface area contributed by atoms with Crippen LogP contribution in [-0.2, 0) is 9.53 Å². The van der Waals surface area contributed by atoms with E-state index in [0.717, 1.165) is 0 Å². The summed E-state index contributed by atoms with van der Waals surface area (Å²) in [6, 6.07) is 6.26. The molecule has 0 aliphatic rings. The number of esters is 1. The highest BCUT2D eigenvalue weighted by atomic mass is 16.5. The van der Waals surface area contributed by atoms with Gasteiger partial charge in [0.15, 0.2) is 0 Å². The topological polar surface area (TPSA) is 72.8 Å². The van der Waals surface area contributed by atoms with Crippen LogP contribution >= 0.6 is 0 Å². The Hall–Kier alpha value is -2.04. The van der Waals surface area contributed by atoms with Crippen molar-refractivity contribution in [2.75, 3.05) is 13.7 Å². The quantitative estimate of drug-likeness (QED) is 0.764. The fourth-order valence-corrected chi connectivity index (χ4v) is 1.12. The van der Waals surface area contributed by atoms with Crippen LogP contribution in [0.4, 0.5) is 0 Å². The number of ether oxygens (including phenoxy) is 2. The Morgan fingerprint density at radius 2 is 2.00 bits per heavy atom. The van der Waals surface area contributed by atoms with Crippen molar-refractivity contribution < 1.29 is 24.2 Å². The second-order valence-corrected chi connectivity index (χ2v) is 2.98. The number of aromatic carboxylic acids is 1. The maximum absolute atomic E-state index is 10.8. The fourth-order valence-electron chi connectivity index (χ4n) is 1.12. The summed E-state index contributed by atoms with van der Waals surface area (Å²) >= 11 is 0. The van der Waals surface area contributed by atoms with Gasteiger partial charge in [0.1, 0.15) is 11.3 Å². The van der Waals surface area contributed by atoms with Gasteiger partial charge in [-0.05, 0) is 12.1 Å². The summed E-state index contributed by atoms with van der Waals surface area (Å²) in [4.78, 5) is 21.6. The van der Waals surface area contributed by atoms with E-state index in [0.29, 0.717) is 0 Å². The summed E-state index contributed by atoms with van der Waals surface area (Å²) in [6.45, 7) is 0.0942. The van der Waals surface area contributed by atoms with E-state index in [1.54, 1.807) is 18.2 Å². The predicted octanol–water partition coefficient (Wildman–Crippen LogP) is 1.33. The van der Waals surface area contributed by atoms with Crippen LogP contribution in [-0.4, -0.2) is 30.8 Å².